The van der Waals surface area contributed by atoms with E-state index >= 15 is 0 Å². The van der Waals surface area contributed by atoms with Crippen molar-refractivity contribution in [3.05, 3.63) is 39.4 Å². The summed E-state index contributed by atoms with van der Waals surface area (Å²) in [6, 6.07) is 5.17. The molecule has 18 heavy (non-hydrogen) atoms. The molecule has 1 heterocycles. The van der Waals surface area contributed by atoms with Gasteiger partial charge in [-0.15, -0.1) is 0 Å². The molecule has 0 bridgehead atoms. The summed E-state index contributed by atoms with van der Waals surface area (Å²) >= 11 is 0. The van der Waals surface area contributed by atoms with Crippen molar-refractivity contribution in [1.82, 2.24) is 10.4 Å². The Morgan fingerprint density at radius 1 is 1.44 bits per heavy atom. The quantitative estimate of drug-likeness (QED) is 0.644. The van der Waals surface area contributed by atoms with Crippen molar-refractivity contribution in [2.75, 3.05) is 26.3 Å². The average Bonchev–Trinajstić information content (AvgIpc) is 2.38. The first-order chi connectivity index (χ1) is 8.68. The number of benzene rings is 1. The Hall–Kier alpha value is -1.50. The maximum absolute atomic E-state index is 10.8. The predicted molar refractivity (Wildman–Crippen MR) is 67.1 cm³/mol. The maximum atomic E-state index is 10.8. The summed E-state index contributed by atoms with van der Waals surface area (Å²) in [6.45, 7) is 5.52. The molecule has 6 nitrogen and oxygen atoms in total. The fraction of sp³-hybridized carbons (Fsp3) is 0.500. The Morgan fingerprint density at radius 2 is 2.17 bits per heavy atom. The minimum atomic E-state index is -0.340. The SMILES string of the molecule is Cc1c(CNN2CCOCC2)cccc1[N+](=O)[O-]. The highest BCUT2D eigenvalue weighted by Gasteiger charge is 2.14. The molecular weight excluding hydrogens is 234 g/mol. The summed E-state index contributed by atoms with van der Waals surface area (Å²) < 4.78 is 5.26. The van der Waals surface area contributed by atoms with Crippen LogP contribution in [0.5, 0.6) is 0 Å². The molecular formula is C12H17N3O3. The van der Waals surface area contributed by atoms with Gasteiger partial charge in [0, 0.05) is 31.3 Å². The molecule has 6 heteroatoms. The standard InChI is InChI=1S/C12H17N3O3/c1-10-11(3-2-4-12(10)15(16)17)9-13-14-5-7-18-8-6-14/h2-4,13H,5-9H2,1H3. The average molecular weight is 251 g/mol. The molecule has 1 saturated heterocycles. The van der Waals surface area contributed by atoms with Crippen LogP contribution < -0.4 is 5.43 Å². The van der Waals surface area contributed by atoms with Crippen LogP contribution >= 0.6 is 0 Å². The van der Waals surface area contributed by atoms with E-state index < -0.39 is 0 Å². The van der Waals surface area contributed by atoms with E-state index in [2.05, 4.69) is 10.4 Å². The van der Waals surface area contributed by atoms with Gasteiger partial charge in [-0.1, -0.05) is 12.1 Å². The Morgan fingerprint density at radius 3 is 2.83 bits per heavy atom. The van der Waals surface area contributed by atoms with E-state index in [1.807, 2.05) is 6.07 Å². The van der Waals surface area contributed by atoms with Crippen LogP contribution in [-0.2, 0) is 11.3 Å². The van der Waals surface area contributed by atoms with Gasteiger partial charge in [-0.3, -0.25) is 15.5 Å². The van der Waals surface area contributed by atoms with Gasteiger partial charge in [0.2, 0.25) is 0 Å². The van der Waals surface area contributed by atoms with Crippen molar-refractivity contribution in [3.63, 3.8) is 0 Å². The fourth-order valence-corrected chi connectivity index (χ4v) is 1.98. The van der Waals surface area contributed by atoms with Gasteiger partial charge in [-0.25, -0.2) is 5.01 Å². The zero-order valence-corrected chi connectivity index (χ0v) is 10.4. The molecule has 0 saturated carbocycles. The van der Waals surface area contributed by atoms with Crippen molar-refractivity contribution in [2.24, 2.45) is 0 Å². The van der Waals surface area contributed by atoms with E-state index in [0.717, 1.165) is 37.4 Å². The summed E-state index contributed by atoms with van der Waals surface area (Å²) in [6.07, 6.45) is 0. The lowest BCUT2D eigenvalue weighted by Gasteiger charge is -2.27. The first-order valence-electron chi connectivity index (χ1n) is 5.97. The Balaban J connectivity index is 2.00. The molecule has 0 spiro atoms. The third-order valence-corrected chi connectivity index (χ3v) is 3.12. The van der Waals surface area contributed by atoms with Crippen molar-refractivity contribution < 1.29 is 9.66 Å². The van der Waals surface area contributed by atoms with Crippen LogP contribution in [0.2, 0.25) is 0 Å². The number of nitrogens with zero attached hydrogens (tertiary/aromatic N) is 2. The molecule has 0 atom stereocenters. The molecule has 98 valence electrons. The summed E-state index contributed by atoms with van der Waals surface area (Å²) in [5, 5.41) is 12.9. The van der Waals surface area contributed by atoms with E-state index in [4.69, 9.17) is 4.74 Å². The molecule has 0 radical (unpaired) electrons. The van der Waals surface area contributed by atoms with Crippen LogP contribution in [0, 0.1) is 17.0 Å². The van der Waals surface area contributed by atoms with Gasteiger partial charge >= 0.3 is 0 Å². The summed E-state index contributed by atoms with van der Waals surface area (Å²) in [5.74, 6) is 0. The highest BCUT2D eigenvalue weighted by molar-refractivity contribution is 5.44. The molecule has 1 aromatic carbocycles. The third kappa shape index (κ3) is 3.04. The number of nitrogens with one attached hydrogen (secondary N) is 1. The first kappa shape index (κ1) is 12.9. The van der Waals surface area contributed by atoms with E-state index in [0.29, 0.717) is 6.54 Å². The van der Waals surface area contributed by atoms with Gasteiger partial charge in [0.25, 0.3) is 5.69 Å². The Kier molecular flexibility index (Phi) is 4.24. The van der Waals surface area contributed by atoms with E-state index in [1.165, 1.54) is 6.07 Å². The van der Waals surface area contributed by atoms with E-state index in [-0.39, 0.29) is 10.6 Å². The van der Waals surface area contributed by atoms with Gasteiger partial charge in [0.05, 0.1) is 18.1 Å². The summed E-state index contributed by atoms with van der Waals surface area (Å²) in [7, 11) is 0. The first-order valence-corrected chi connectivity index (χ1v) is 5.97. The second-order valence-corrected chi connectivity index (χ2v) is 4.25. The normalized spacial score (nSPS) is 16.7. The number of ether oxygens (including phenoxy) is 1. The van der Waals surface area contributed by atoms with Crippen LogP contribution in [0.15, 0.2) is 18.2 Å². The summed E-state index contributed by atoms with van der Waals surface area (Å²) in [4.78, 5) is 10.5. The van der Waals surface area contributed by atoms with Crippen LogP contribution in [0.4, 0.5) is 5.69 Å². The predicted octanol–water partition coefficient (Wildman–Crippen LogP) is 1.24. The van der Waals surface area contributed by atoms with Crippen molar-refractivity contribution in [3.8, 4) is 0 Å². The molecule has 1 aliphatic heterocycles. The van der Waals surface area contributed by atoms with Crippen LogP contribution in [0.3, 0.4) is 0 Å². The Labute approximate surface area is 106 Å². The monoisotopic (exact) mass is 251 g/mol. The second-order valence-electron chi connectivity index (χ2n) is 4.25. The number of hydrogen-bond donors (Lipinski definition) is 1. The Bertz CT molecular complexity index is 431. The molecule has 0 amide bonds. The maximum Gasteiger partial charge on any atom is 0.272 e. The van der Waals surface area contributed by atoms with Gasteiger partial charge in [0.1, 0.15) is 0 Å². The third-order valence-electron chi connectivity index (χ3n) is 3.12. The number of hydrazine groups is 1. The van der Waals surface area contributed by atoms with Crippen LogP contribution in [0.1, 0.15) is 11.1 Å². The molecule has 1 aromatic rings. The number of morpholine rings is 1. The molecule has 1 fully saturated rings. The minimum Gasteiger partial charge on any atom is -0.379 e. The van der Waals surface area contributed by atoms with E-state index in [9.17, 15) is 10.1 Å². The molecule has 0 aromatic heterocycles. The van der Waals surface area contributed by atoms with Gasteiger partial charge < -0.3 is 4.74 Å². The molecule has 1 aliphatic rings. The van der Waals surface area contributed by atoms with Crippen molar-refractivity contribution in [1.29, 1.82) is 0 Å². The van der Waals surface area contributed by atoms with Crippen molar-refractivity contribution >= 4 is 5.69 Å². The molecule has 1 N–H and O–H groups in total. The molecule has 2 rings (SSSR count). The highest BCUT2D eigenvalue weighted by Crippen LogP contribution is 2.20. The van der Waals surface area contributed by atoms with Crippen LogP contribution in [0.25, 0.3) is 0 Å². The second kappa shape index (κ2) is 5.90. The largest absolute Gasteiger partial charge is 0.379 e. The lowest BCUT2D eigenvalue weighted by molar-refractivity contribution is -0.385. The van der Waals surface area contributed by atoms with Gasteiger partial charge in [-0.2, -0.15) is 0 Å². The zero-order valence-electron chi connectivity index (χ0n) is 10.4. The van der Waals surface area contributed by atoms with Crippen molar-refractivity contribution in [2.45, 2.75) is 13.5 Å². The van der Waals surface area contributed by atoms with Crippen LogP contribution in [-0.4, -0.2) is 36.2 Å². The number of nitro groups is 1. The highest BCUT2D eigenvalue weighted by atomic mass is 16.6. The summed E-state index contributed by atoms with van der Waals surface area (Å²) in [5.41, 5.74) is 5.13. The van der Waals surface area contributed by atoms with Gasteiger partial charge in [-0.05, 0) is 12.5 Å². The van der Waals surface area contributed by atoms with E-state index in [1.54, 1.807) is 13.0 Å². The zero-order chi connectivity index (χ0) is 13.0. The molecule has 0 unspecified atom stereocenters. The lowest BCUT2D eigenvalue weighted by atomic mass is 10.1. The minimum absolute atomic E-state index is 0.177. The number of nitro benzene ring substituents is 1. The number of hydrogen-bond acceptors (Lipinski definition) is 5. The molecule has 0 aliphatic carbocycles. The number of rotatable bonds is 4. The van der Waals surface area contributed by atoms with Gasteiger partial charge in [0.15, 0.2) is 0 Å². The topological polar surface area (TPSA) is 67.6 Å². The smallest absolute Gasteiger partial charge is 0.272 e. The lowest BCUT2D eigenvalue weighted by Crippen LogP contribution is -2.45. The fourth-order valence-electron chi connectivity index (χ4n) is 1.98.